The third-order valence-corrected chi connectivity index (χ3v) is 2.36. The molecule has 1 aromatic heterocycles. The molecule has 1 aromatic carbocycles. The van der Waals surface area contributed by atoms with Gasteiger partial charge in [0.2, 0.25) is 5.91 Å². The number of anilines is 1. The van der Waals surface area contributed by atoms with E-state index in [4.69, 9.17) is 5.73 Å². The highest BCUT2D eigenvalue weighted by molar-refractivity contribution is 5.96. The maximum Gasteiger partial charge on any atom is 0.241 e. The molecule has 0 saturated heterocycles. The summed E-state index contributed by atoms with van der Waals surface area (Å²) in [6.45, 7) is 1.65. The lowest BCUT2D eigenvalue weighted by molar-refractivity contribution is -0.117. The summed E-state index contributed by atoms with van der Waals surface area (Å²) in [5.74, 6) is -0.211. The van der Waals surface area contributed by atoms with Crippen LogP contribution in [0.1, 0.15) is 6.92 Å². The minimum absolute atomic E-state index is 0.211. The van der Waals surface area contributed by atoms with Gasteiger partial charge in [0.1, 0.15) is 0 Å². The number of para-hydroxylation sites is 2. The van der Waals surface area contributed by atoms with Crippen LogP contribution in [-0.4, -0.2) is 21.5 Å². The smallest absolute Gasteiger partial charge is 0.241 e. The van der Waals surface area contributed by atoms with Gasteiger partial charge in [-0.05, 0) is 19.1 Å². The number of aromatic nitrogens is 2. The van der Waals surface area contributed by atoms with Gasteiger partial charge in [-0.15, -0.1) is 0 Å². The fourth-order valence-corrected chi connectivity index (χ4v) is 1.45. The fourth-order valence-electron chi connectivity index (χ4n) is 1.45. The van der Waals surface area contributed by atoms with Crippen molar-refractivity contribution in [1.82, 2.24) is 9.55 Å². The molecule has 88 valence electrons. The van der Waals surface area contributed by atoms with Gasteiger partial charge in [-0.25, -0.2) is 4.98 Å². The number of carbonyl (C=O) groups excluding carboxylic acids is 1. The van der Waals surface area contributed by atoms with E-state index in [1.165, 1.54) is 0 Å². The number of amides is 1. The van der Waals surface area contributed by atoms with Crippen LogP contribution >= 0.6 is 0 Å². The third kappa shape index (κ3) is 2.51. The van der Waals surface area contributed by atoms with Crippen molar-refractivity contribution in [3.8, 4) is 5.69 Å². The number of nitrogens with zero attached hydrogens (tertiary/aromatic N) is 2. The molecule has 17 heavy (non-hydrogen) atoms. The van der Waals surface area contributed by atoms with E-state index in [1.807, 2.05) is 35.0 Å². The first-order valence-electron chi connectivity index (χ1n) is 5.32. The fraction of sp³-hybridized carbons (Fsp3) is 0.167. The van der Waals surface area contributed by atoms with Crippen LogP contribution in [0.25, 0.3) is 5.69 Å². The molecule has 1 atom stereocenters. The monoisotopic (exact) mass is 230 g/mol. The van der Waals surface area contributed by atoms with Gasteiger partial charge in [0.25, 0.3) is 0 Å². The van der Waals surface area contributed by atoms with E-state index in [9.17, 15) is 4.79 Å². The predicted molar refractivity (Wildman–Crippen MR) is 65.8 cm³/mol. The number of imidazole rings is 1. The Bertz CT molecular complexity index is 505. The molecular weight excluding hydrogens is 216 g/mol. The van der Waals surface area contributed by atoms with Gasteiger partial charge in [0.15, 0.2) is 0 Å². The summed E-state index contributed by atoms with van der Waals surface area (Å²) < 4.78 is 1.83. The van der Waals surface area contributed by atoms with Crippen LogP contribution in [-0.2, 0) is 4.79 Å². The average Bonchev–Trinajstić information content (AvgIpc) is 2.83. The maximum absolute atomic E-state index is 11.6. The molecule has 2 rings (SSSR count). The van der Waals surface area contributed by atoms with Crippen LogP contribution < -0.4 is 11.1 Å². The topological polar surface area (TPSA) is 72.9 Å². The predicted octanol–water partition coefficient (Wildman–Crippen LogP) is 1.16. The number of rotatable bonds is 3. The van der Waals surface area contributed by atoms with Crippen LogP contribution in [0.4, 0.5) is 5.69 Å². The normalized spacial score (nSPS) is 12.1. The Kier molecular flexibility index (Phi) is 3.20. The Balaban J connectivity index is 2.32. The summed E-state index contributed by atoms with van der Waals surface area (Å²) in [4.78, 5) is 15.6. The van der Waals surface area contributed by atoms with E-state index in [0.717, 1.165) is 5.69 Å². The first-order chi connectivity index (χ1) is 8.18. The average molecular weight is 230 g/mol. The van der Waals surface area contributed by atoms with Gasteiger partial charge < -0.3 is 15.6 Å². The molecular formula is C12H14N4O. The first-order valence-corrected chi connectivity index (χ1v) is 5.32. The van der Waals surface area contributed by atoms with Crippen molar-refractivity contribution in [3.05, 3.63) is 43.0 Å². The standard InChI is InChI=1S/C12H14N4O/c1-9(13)12(17)15-10-4-2-3-5-11(10)16-7-6-14-8-16/h2-9H,13H2,1H3,(H,15,17)/t9-/m0/s1. The molecule has 1 heterocycles. The van der Waals surface area contributed by atoms with E-state index in [1.54, 1.807) is 19.4 Å². The second-order valence-corrected chi connectivity index (χ2v) is 3.77. The number of nitrogens with one attached hydrogen (secondary N) is 1. The minimum Gasteiger partial charge on any atom is -0.323 e. The zero-order valence-electron chi connectivity index (χ0n) is 9.50. The zero-order chi connectivity index (χ0) is 12.3. The Morgan fingerprint density at radius 3 is 2.88 bits per heavy atom. The van der Waals surface area contributed by atoms with Crippen molar-refractivity contribution in [2.24, 2.45) is 5.73 Å². The van der Waals surface area contributed by atoms with Crippen molar-refractivity contribution in [2.75, 3.05) is 5.32 Å². The molecule has 0 radical (unpaired) electrons. The van der Waals surface area contributed by atoms with E-state index >= 15 is 0 Å². The van der Waals surface area contributed by atoms with E-state index in [-0.39, 0.29) is 5.91 Å². The highest BCUT2D eigenvalue weighted by atomic mass is 16.2. The number of carbonyl (C=O) groups is 1. The molecule has 0 aliphatic heterocycles. The molecule has 1 amide bonds. The third-order valence-electron chi connectivity index (χ3n) is 2.36. The van der Waals surface area contributed by atoms with E-state index in [0.29, 0.717) is 5.69 Å². The summed E-state index contributed by atoms with van der Waals surface area (Å²) in [5, 5.41) is 2.79. The highest BCUT2D eigenvalue weighted by Gasteiger charge is 2.10. The summed E-state index contributed by atoms with van der Waals surface area (Å²) >= 11 is 0. The summed E-state index contributed by atoms with van der Waals surface area (Å²) in [5.41, 5.74) is 7.10. The van der Waals surface area contributed by atoms with Gasteiger partial charge in [-0.3, -0.25) is 4.79 Å². The van der Waals surface area contributed by atoms with Crippen molar-refractivity contribution in [3.63, 3.8) is 0 Å². The molecule has 0 saturated carbocycles. The second-order valence-electron chi connectivity index (χ2n) is 3.77. The number of benzene rings is 1. The molecule has 0 bridgehead atoms. The van der Waals surface area contributed by atoms with Crippen LogP contribution in [0.2, 0.25) is 0 Å². The van der Waals surface area contributed by atoms with E-state index in [2.05, 4.69) is 10.3 Å². The number of nitrogens with two attached hydrogens (primary N) is 1. The Labute approximate surface area is 99.3 Å². The van der Waals surface area contributed by atoms with Crippen molar-refractivity contribution in [2.45, 2.75) is 13.0 Å². The lowest BCUT2D eigenvalue weighted by atomic mass is 10.2. The lowest BCUT2D eigenvalue weighted by Crippen LogP contribution is -2.32. The van der Waals surface area contributed by atoms with Gasteiger partial charge in [-0.2, -0.15) is 0 Å². The second kappa shape index (κ2) is 4.80. The maximum atomic E-state index is 11.6. The Morgan fingerprint density at radius 2 is 2.24 bits per heavy atom. The van der Waals surface area contributed by atoms with Crippen LogP contribution in [0, 0.1) is 0 Å². The van der Waals surface area contributed by atoms with Crippen LogP contribution in [0.5, 0.6) is 0 Å². The van der Waals surface area contributed by atoms with Gasteiger partial charge in [0.05, 0.1) is 23.7 Å². The van der Waals surface area contributed by atoms with Crippen molar-refractivity contribution >= 4 is 11.6 Å². The molecule has 3 N–H and O–H groups in total. The molecule has 0 aliphatic rings. The van der Waals surface area contributed by atoms with Crippen molar-refractivity contribution < 1.29 is 4.79 Å². The molecule has 0 unspecified atom stereocenters. The van der Waals surface area contributed by atoms with Crippen molar-refractivity contribution in [1.29, 1.82) is 0 Å². The summed E-state index contributed by atoms with van der Waals surface area (Å²) in [6, 6.07) is 6.95. The molecule has 0 aliphatic carbocycles. The molecule has 0 fully saturated rings. The Morgan fingerprint density at radius 1 is 1.47 bits per heavy atom. The molecule has 0 spiro atoms. The minimum atomic E-state index is -0.536. The quantitative estimate of drug-likeness (QED) is 0.831. The highest BCUT2D eigenvalue weighted by Crippen LogP contribution is 2.19. The lowest BCUT2D eigenvalue weighted by Gasteiger charge is -2.12. The van der Waals surface area contributed by atoms with Crippen LogP contribution in [0.3, 0.4) is 0 Å². The number of hydrogen-bond donors (Lipinski definition) is 2. The largest absolute Gasteiger partial charge is 0.323 e. The summed E-state index contributed by atoms with van der Waals surface area (Å²) in [6.07, 6.45) is 5.18. The van der Waals surface area contributed by atoms with Gasteiger partial charge in [0, 0.05) is 12.4 Å². The SMILES string of the molecule is C[C@H](N)C(=O)Nc1ccccc1-n1ccnc1. The van der Waals surface area contributed by atoms with Gasteiger partial charge in [-0.1, -0.05) is 12.1 Å². The molecule has 5 nitrogen and oxygen atoms in total. The number of hydrogen-bond acceptors (Lipinski definition) is 3. The Hall–Kier alpha value is -2.14. The molecule has 5 heteroatoms. The first kappa shape index (κ1) is 11.3. The zero-order valence-corrected chi connectivity index (χ0v) is 9.50. The molecule has 2 aromatic rings. The van der Waals surface area contributed by atoms with E-state index < -0.39 is 6.04 Å². The van der Waals surface area contributed by atoms with Gasteiger partial charge >= 0.3 is 0 Å². The van der Waals surface area contributed by atoms with Crippen LogP contribution in [0.15, 0.2) is 43.0 Å². The summed E-state index contributed by atoms with van der Waals surface area (Å²) in [7, 11) is 0.